The molecular formula is C24H23N3O3S. The number of aromatic amines is 1. The number of nitrogens with one attached hydrogen (secondary N) is 2. The minimum atomic E-state index is -0.429. The van der Waals surface area contributed by atoms with E-state index in [2.05, 4.69) is 17.2 Å². The van der Waals surface area contributed by atoms with E-state index < -0.39 is 5.97 Å². The molecule has 0 radical (unpaired) electrons. The Morgan fingerprint density at radius 1 is 1.16 bits per heavy atom. The Labute approximate surface area is 184 Å². The lowest BCUT2D eigenvalue weighted by Crippen LogP contribution is -2.11. The topological polar surface area (TPSA) is 86.7 Å². The van der Waals surface area contributed by atoms with Crippen LogP contribution in [0.2, 0.25) is 0 Å². The molecular weight excluding hydrogens is 410 g/mol. The molecule has 31 heavy (non-hydrogen) atoms. The fourth-order valence-electron chi connectivity index (χ4n) is 3.42. The predicted molar refractivity (Wildman–Crippen MR) is 125 cm³/mol. The molecule has 3 N–H and O–H groups in total. The molecule has 7 heteroatoms. The highest BCUT2D eigenvalue weighted by Gasteiger charge is 2.20. The van der Waals surface area contributed by atoms with Gasteiger partial charge in [0.05, 0.1) is 29.6 Å². The SMILES string of the molecule is CCNCc1ccc(N=C(c2ccsc2)c2c(O)[nH]c3cc(C(=O)OC)ccc23)cc1. The molecule has 0 spiro atoms. The zero-order valence-corrected chi connectivity index (χ0v) is 18.1. The summed E-state index contributed by atoms with van der Waals surface area (Å²) in [4.78, 5) is 19.7. The van der Waals surface area contributed by atoms with E-state index >= 15 is 0 Å². The third-order valence-corrected chi connectivity index (χ3v) is 5.67. The monoisotopic (exact) mass is 433 g/mol. The summed E-state index contributed by atoms with van der Waals surface area (Å²) in [5, 5.41) is 18.8. The third-order valence-electron chi connectivity index (χ3n) is 4.99. The van der Waals surface area contributed by atoms with Gasteiger partial charge in [0, 0.05) is 28.4 Å². The molecule has 0 atom stereocenters. The fraction of sp³-hybridized carbons (Fsp3) is 0.167. The minimum Gasteiger partial charge on any atom is -0.494 e. The van der Waals surface area contributed by atoms with Crippen molar-refractivity contribution in [2.45, 2.75) is 13.5 Å². The van der Waals surface area contributed by atoms with Crippen molar-refractivity contribution in [3.05, 3.63) is 81.5 Å². The van der Waals surface area contributed by atoms with Gasteiger partial charge in [0.15, 0.2) is 5.88 Å². The highest BCUT2D eigenvalue weighted by atomic mass is 32.1. The number of carbonyl (C=O) groups excluding carboxylic acids is 1. The first-order valence-corrected chi connectivity index (χ1v) is 10.9. The number of nitrogens with zero attached hydrogens (tertiary/aromatic N) is 1. The summed E-state index contributed by atoms with van der Waals surface area (Å²) in [7, 11) is 1.34. The van der Waals surface area contributed by atoms with E-state index in [1.165, 1.54) is 12.7 Å². The summed E-state index contributed by atoms with van der Waals surface area (Å²) >= 11 is 1.57. The number of aromatic hydroxyl groups is 1. The average Bonchev–Trinajstić information content (AvgIpc) is 3.43. The zero-order chi connectivity index (χ0) is 21.8. The van der Waals surface area contributed by atoms with Gasteiger partial charge >= 0.3 is 5.97 Å². The molecule has 2 aromatic carbocycles. The minimum absolute atomic E-state index is 0.00531. The van der Waals surface area contributed by atoms with E-state index in [-0.39, 0.29) is 5.88 Å². The lowest BCUT2D eigenvalue weighted by atomic mass is 10.0. The van der Waals surface area contributed by atoms with Gasteiger partial charge in [-0.15, -0.1) is 0 Å². The van der Waals surface area contributed by atoms with Crippen molar-refractivity contribution in [1.82, 2.24) is 10.3 Å². The summed E-state index contributed by atoms with van der Waals surface area (Å²) in [5.74, 6) is -0.423. The highest BCUT2D eigenvalue weighted by Crippen LogP contribution is 2.32. The van der Waals surface area contributed by atoms with Crippen LogP contribution >= 0.6 is 11.3 Å². The molecule has 0 saturated carbocycles. The molecule has 0 aliphatic rings. The predicted octanol–water partition coefficient (Wildman–Crippen LogP) is 5.00. The van der Waals surface area contributed by atoms with Gasteiger partial charge in [-0.25, -0.2) is 9.79 Å². The van der Waals surface area contributed by atoms with Crippen LogP contribution in [0.25, 0.3) is 10.9 Å². The largest absolute Gasteiger partial charge is 0.494 e. The summed E-state index contributed by atoms with van der Waals surface area (Å²) in [6.45, 7) is 3.80. The fourth-order valence-corrected chi connectivity index (χ4v) is 4.06. The number of fused-ring (bicyclic) bond motifs is 1. The van der Waals surface area contributed by atoms with Crippen LogP contribution in [0.4, 0.5) is 5.69 Å². The second kappa shape index (κ2) is 9.16. The number of aromatic nitrogens is 1. The number of aliphatic imine (C=N–C) groups is 1. The summed E-state index contributed by atoms with van der Waals surface area (Å²) in [5.41, 5.74) is 5.20. The average molecular weight is 434 g/mol. The van der Waals surface area contributed by atoms with Gasteiger partial charge in [-0.05, 0) is 47.8 Å². The molecule has 6 nitrogen and oxygen atoms in total. The van der Waals surface area contributed by atoms with Gasteiger partial charge in [0.25, 0.3) is 0 Å². The maximum absolute atomic E-state index is 11.9. The summed E-state index contributed by atoms with van der Waals surface area (Å²) < 4.78 is 4.80. The van der Waals surface area contributed by atoms with E-state index in [0.29, 0.717) is 22.4 Å². The Morgan fingerprint density at radius 2 is 1.97 bits per heavy atom. The maximum atomic E-state index is 11.9. The number of benzene rings is 2. The molecule has 4 rings (SSSR count). The van der Waals surface area contributed by atoms with Crippen LogP contribution in [-0.2, 0) is 11.3 Å². The van der Waals surface area contributed by atoms with Crippen LogP contribution in [0.15, 0.2) is 64.3 Å². The van der Waals surface area contributed by atoms with Gasteiger partial charge in [-0.1, -0.05) is 25.1 Å². The molecule has 2 aromatic heterocycles. The van der Waals surface area contributed by atoms with E-state index in [1.807, 2.05) is 41.1 Å². The molecule has 4 aromatic rings. The third kappa shape index (κ3) is 4.38. The normalized spacial score (nSPS) is 11.7. The Bertz CT molecular complexity index is 1230. The number of H-pyrrole nitrogens is 1. The van der Waals surface area contributed by atoms with Gasteiger partial charge in [0.2, 0.25) is 0 Å². The molecule has 2 heterocycles. The number of rotatable bonds is 7. The number of esters is 1. The molecule has 0 bridgehead atoms. The zero-order valence-electron chi connectivity index (χ0n) is 17.3. The summed E-state index contributed by atoms with van der Waals surface area (Å²) in [6.07, 6.45) is 0. The lowest BCUT2D eigenvalue weighted by molar-refractivity contribution is 0.0601. The van der Waals surface area contributed by atoms with Crippen molar-refractivity contribution in [1.29, 1.82) is 0 Å². The number of hydrogen-bond donors (Lipinski definition) is 3. The van der Waals surface area contributed by atoms with E-state index in [9.17, 15) is 9.90 Å². The van der Waals surface area contributed by atoms with Crippen LogP contribution < -0.4 is 5.32 Å². The van der Waals surface area contributed by atoms with Gasteiger partial charge < -0.3 is 20.1 Å². The van der Waals surface area contributed by atoms with Crippen LogP contribution in [-0.4, -0.2) is 35.4 Å². The smallest absolute Gasteiger partial charge is 0.337 e. The second-order valence-corrected chi connectivity index (χ2v) is 7.80. The number of methoxy groups -OCH3 is 1. The van der Waals surface area contributed by atoms with Crippen LogP contribution in [0, 0.1) is 0 Å². The van der Waals surface area contributed by atoms with Crippen molar-refractivity contribution in [3.8, 4) is 5.88 Å². The second-order valence-electron chi connectivity index (χ2n) is 7.02. The molecule has 0 aliphatic heterocycles. The Hall–Kier alpha value is -3.42. The van der Waals surface area contributed by atoms with Gasteiger partial charge in [-0.3, -0.25) is 0 Å². The number of carbonyl (C=O) groups is 1. The van der Waals surface area contributed by atoms with Crippen molar-refractivity contribution in [3.63, 3.8) is 0 Å². The molecule has 0 aliphatic carbocycles. The van der Waals surface area contributed by atoms with Crippen LogP contribution in [0.3, 0.4) is 0 Å². The van der Waals surface area contributed by atoms with Crippen molar-refractivity contribution >= 4 is 39.6 Å². The molecule has 0 fully saturated rings. The highest BCUT2D eigenvalue weighted by molar-refractivity contribution is 7.08. The number of hydrogen-bond acceptors (Lipinski definition) is 6. The Balaban J connectivity index is 1.80. The van der Waals surface area contributed by atoms with E-state index in [0.717, 1.165) is 29.7 Å². The first-order valence-electron chi connectivity index (χ1n) is 9.95. The van der Waals surface area contributed by atoms with Gasteiger partial charge in [0.1, 0.15) is 0 Å². The van der Waals surface area contributed by atoms with Crippen molar-refractivity contribution in [2.75, 3.05) is 13.7 Å². The van der Waals surface area contributed by atoms with E-state index in [1.54, 1.807) is 29.5 Å². The maximum Gasteiger partial charge on any atom is 0.337 e. The Morgan fingerprint density at radius 3 is 2.65 bits per heavy atom. The van der Waals surface area contributed by atoms with Gasteiger partial charge in [-0.2, -0.15) is 11.3 Å². The van der Waals surface area contributed by atoms with Crippen LogP contribution in [0.1, 0.15) is 34.0 Å². The van der Waals surface area contributed by atoms with Crippen molar-refractivity contribution in [2.24, 2.45) is 4.99 Å². The number of ether oxygens (including phenoxy) is 1. The first kappa shape index (κ1) is 20.8. The Kier molecular flexibility index (Phi) is 6.16. The van der Waals surface area contributed by atoms with Crippen molar-refractivity contribution < 1.29 is 14.6 Å². The molecule has 0 amide bonds. The molecule has 0 saturated heterocycles. The molecule has 0 unspecified atom stereocenters. The van der Waals surface area contributed by atoms with Crippen LogP contribution in [0.5, 0.6) is 5.88 Å². The number of thiophene rings is 1. The lowest BCUT2D eigenvalue weighted by Gasteiger charge is -2.07. The standard InChI is InChI=1S/C24H23N3O3S/c1-3-25-13-15-4-7-18(8-5-15)26-22(17-10-11-31-14-17)21-19-9-6-16(24(29)30-2)12-20(19)27-23(21)28/h4-12,14,25,27-28H,3,13H2,1-2H3. The first-order chi connectivity index (χ1) is 15.1. The quantitative estimate of drug-likeness (QED) is 0.283. The van der Waals surface area contributed by atoms with E-state index in [4.69, 9.17) is 9.73 Å². The molecule has 158 valence electrons. The summed E-state index contributed by atoms with van der Waals surface area (Å²) in [6, 6.07) is 15.2.